The molecular weight excluding hydrogens is 312 g/mol. The maximum Gasteiger partial charge on any atom is 0.225 e. The van der Waals surface area contributed by atoms with E-state index < -0.39 is 0 Å². The molecule has 4 nitrogen and oxygen atoms in total. The van der Waals surface area contributed by atoms with E-state index in [9.17, 15) is 9.59 Å². The second-order valence-electron chi connectivity index (χ2n) is 8.27. The summed E-state index contributed by atoms with van der Waals surface area (Å²) >= 11 is 0. The zero-order chi connectivity index (χ0) is 18.0. The predicted molar refractivity (Wildman–Crippen MR) is 99.2 cm³/mol. The smallest absolute Gasteiger partial charge is 0.225 e. The van der Waals surface area contributed by atoms with Gasteiger partial charge in [-0.2, -0.15) is 0 Å². The van der Waals surface area contributed by atoms with Gasteiger partial charge >= 0.3 is 0 Å². The maximum atomic E-state index is 12.9. The Labute approximate surface area is 151 Å². The number of carbonyl (C=O) groups excluding carboxylic acids is 2. The van der Waals surface area contributed by atoms with Crippen molar-refractivity contribution in [2.24, 2.45) is 11.8 Å². The molecule has 1 N–H and O–H groups in total. The topological polar surface area (TPSA) is 49.4 Å². The summed E-state index contributed by atoms with van der Waals surface area (Å²) in [5.74, 6) is 0.193. The van der Waals surface area contributed by atoms with E-state index in [2.05, 4.69) is 36.5 Å². The zero-order valence-corrected chi connectivity index (χ0v) is 15.7. The van der Waals surface area contributed by atoms with Crippen molar-refractivity contribution in [3.05, 3.63) is 35.4 Å². The third-order valence-electron chi connectivity index (χ3n) is 5.67. The minimum Gasteiger partial charge on any atom is -0.350 e. The molecule has 4 heteroatoms. The van der Waals surface area contributed by atoms with Crippen LogP contribution in [-0.2, 0) is 22.4 Å². The van der Waals surface area contributed by atoms with Crippen LogP contribution in [0.3, 0.4) is 0 Å². The molecule has 1 fully saturated rings. The maximum absolute atomic E-state index is 12.9. The molecule has 1 aromatic carbocycles. The molecule has 0 radical (unpaired) electrons. The Morgan fingerprint density at radius 1 is 1.24 bits per heavy atom. The molecule has 2 atom stereocenters. The molecule has 0 unspecified atom stereocenters. The number of nitrogens with zero attached hydrogens (tertiary/aromatic N) is 1. The lowest BCUT2D eigenvalue weighted by atomic mass is 9.78. The summed E-state index contributed by atoms with van der Waals surface area (Å²) in [4.78, 5) is 27.0. The fourth-order valence-corrected chi connectivity index (χ4v) is 4.16. The third kappa shape index (κ3) is 4.05. The van der Waals surface area contributed by atoms with Crippen LogP contribution in [-0.4, -0.2) is 35.3 Å². The van der Waals surface area contributed by atoms with Crippen molar-refractivity contribution in [3.8, 4) is 0 Å². The summed E-state index contributed by atoms with van der Waals surface area (Å²) in [6.45, 7) is 7.35. The highest BCUT2D eigenvalue weighted by molar-refractivity contribution is 5.82. The lowest BCUT2D eigenvalue weighted by Gasteiger charge is -2.39. The fraction of sp³-hybridized carbons (Fsp3) is 0.619. The third-order valence-corrected chi connectivity index (χ3v) is 5.67. The molecule has 0 spiro atoms. The Hall–Kier alpha value is -1.84. The van der Waals surface area contributed by atoms with E-state index in [-0.39, 0.29) is 29.2 Å². The summed E-state index contributed by atoms with van der Waals surface area (Å²) in [6, 6.07) is 8.52. The Morgan fingerprint density at radius 3 is 2.68 bits per heavy atom. The number of hydrogen-bond donors (Lipinski definition) is 1. The molecular formula is C21H30N2O2. The quantitative estimate of drug-likeness (QED) is 0.918. The SMILES string of the molecule is CC(C)C(=O)N1CCC[C@H](C(=O)N[C@@]2(C)CCc3ccccc3C2)C1. The summed E-state index contributed by atoms with van der Waals surface area (Å²) in [5.41, 5.74) is 2.56. The molecule has 136 valence electrons. The van der Waals surface area contributed by atoms with Crippen LogP contribution < -0.4 is 5.32 Å². The number of rotatable bonds is 3. The molecule has 1 heterocycles. The van der Waals surface area contributed by atoms with Crippen LogP contribution in [0.25, 0.3) is 0 Å². The van der Waals surface area contributed by atoms with Crippen molar-refractivity contribution >= 4 is 11.8 Å². The van der Waals surface area contributed by atoms with Crippen molar-refractivity contribution in [2.75, 3.05) is 13.1 Å². The minimum atomic E-state index is -0.185. The van der Waals surface area contributed by atoms with Crippen LogP contribution >= 0.6 is 0 Å². The molecule has 1 aliphatic heterocycles. The normalized spacial score (nSPS) is 26.2. The molecule has 2 amide bonds. The van der Waals surface area contributed by atoms with Gasteiger partial charge in [-0.05, 0) is 50.2 Å². The summed E-state index contributed by atoms with van der Waals surface area (Å²) < 4.78 is 0. The van der Waals surface area contributed by atoms with Gasteiger partial charge in [0.1, 0.15) is 0 Å². The molecule has 0 bridgehead atoms. The highest BCUT2D eigenvalue weighted by Gasteiger charge is 2.35. The average Bonchev–Trinajstić information content (AvgIpc) is 2.60. The molecule has 1 saturated heterocycles. The first-order valence-electron chi connectivity index (χ1n) is 9.55. The molecule has 25 heavy (non-hydrogen) atoms. The Kier molecular flexibility index (Phi) is 5.16. The molecule has 0 aromatic heterocycles. The van der Waals surface area contributed by atoms with Gasteiger partial charge in [-0.3, -0.25) is 9.59 Å². The molecule has 2 aliphatic rings. The minimum absolute atomic E-state index is 0.00539. The monoisotopic (exact) mass is 342 g/mol. The van der Waals surface area contributed by atoms with Gasteiger partial charge in [-0.1, -0.05) is 38.1 Å². The zero-order valence-electron chi connectivity index (χ0n) is 15.7. The van der Waals surface area contributed by atoms with Crippen molar-refractivity contribution in [1.29, 1.82) is 0 Å². The predicted octanol–water partition coefficient (Wildman–Crippen LogP) is 2.94. The van der Waals surface area contributed by atoms with Gasteiger partial charge in [0.25, 0.3) is 0 Å². The number of aryl methyl sites for hydroxylation is 1. The van der Waals surface area contributed by atoms with Crippen LogP contribution in [0.1, 0.15) is 51.2 Å². The summed E-state index contributed by atoms with van der Waals surface area (Å²) in [6.07, 6.45) is 4.65. The van der Waals surface area contributed by atoms with Crippen molar-refractivity contribution < 1.29 is 9.59 Å². The van der Waals surface area contributed by atoms with Gasteiger partial charge in [0.05, 0.1) is 5.92 Å². The van der Waals surface area contributed by atoms with Crippen LogP contribution in [0.5, 0.6) is 0 Å². The van der Waals surface area contributed by atoms with Crippen molar-refractivity contribution in [2.45, 2.75) is 58.4 Å². The number of amides is 2. The van der Waals surface area contributed by atoms with E-state index in [0.29, 0.717) is 6.54 Å². The number of fused-ring (bicyclic) bond motifs is 1. The van der Waals surface area contributed by atoms with E-state index in [1.165, 1.54) is 11.1 Å². The van der Waals surface area contributed by atoms with Gasteiger partial charge in [0.15, 0.2) is 0 Å². The Morgan fingerprint density at radius 2 is 1.96 bits per heavy atom. The van der Waals surface area contributed by atoms with Crippen LogP contribution in [0, 0.1) is 11.8 Å². The van der Waals surface area contributed by atoms with Gasteiger partial charge in [-0.25, -0.2) is 0 Å². The average molecular weight is 342 g/mol. The number of hydrogen-bond acceptors (Lipinski definition) is 2. The first-order valence-corrected chi connectivity index (χ1v) is 9.55. The van der Waals surface area contributed by atoms with Gasteiger partial charge < -0.3 is 10.2 Å². The number of nitrogens with one attached hydrogen (secondary N) is 1. The Bertz CT molecular complexity index is 655. The van der Waals surface area contributed by atoms with Crippen LogP contribution in [0.4, 0.5) is 0 Å². The van der Waals surface area contributed by atoms with Gasteiger partial charge in [0, 0.05) is 24.5 Å². The lowest BCUT2D eigenvalue weighted by Crippen LogP contribution is -2.54. The number of piperidine rings is 1. The lowest BCUT2D eigenvalue weighted by molar-refractivity contribution is -0.138. The first kappa shape index (κ1) is 18.0. The first-order chi connectivity index (χ1) is 11.9. The van der Waals surface area contributed by atoms with E-state index in [0.717, 1.165) is 38.6 Å². The standard InChI is InChI=1S/C21H30N2O2/c1-15(2)20(25)23-12-6-9-18(14-23)19(24)22-21(3)11-10-16-7-4-5-8-17(16)13-21/h4-5,7-8,15,18H,6,9-14H2,1-3H3,(H,22,24)/t18-,21-/m0/s1. The highest BCUT2D eigenvalue weighted by Crippen LogP contribution is 2.29. The second kappa shape index (κ2) is 7.19. The van der Waals surface area contributed by atoms with E-state index in [4.69, 9.17) is 0 Å². The van der Waals surface area contributed by atoms with Gasteiger partial charge in [-0.15, -0.1) is 0 Å². The van der Waals surface area contributed by atoms with E-state index in [1.807, 2.05) is 18.7 Å². The van der Waals surface area contributed by atoms with E-state index in [1.54, 1.807) is 0 Å². The second-order valence-corrected chi connectivity index (χ2v) is 8.27. The fourth-order valence-electron chi connectivity index (χ4n) is 4.16. The summed E-state index contributed by atoms with van der Waals surface area (Å²) in [7, 11) is 0. The number of benzene rings is 1. The van der Waals surface area contributed by atoms with Crippen molar-refractivity contribution in [3.63, 3.8) is 0 Å². The molecule has 3 rings (SSSR count). The van der Waals surface area contributed by atoms with Crippen molar-refractivity contribution in [1.82, 2.24) is 10.2 Å². The molecule has 0 saturated carbocycles. The Balaban J connectivity index is 1.63. The number of likely N-dealkylation sites (tertiary alicyclic amines) is 1. The van der Waals surface area contributed by atoms with Crippen LogP contribution in [0.2, 0.25) is 0 Å². The summed E-state index contributed by atoms with van der Waals surface area (Å²) in [5, 5.41) is 3.32. The number of carbonyl (C=O) groups is 2. The molecule has 1 aliphatic carbocycles. The van der Waals surface area contributed by atoms with Gasteiger partial charge in [0.2, 0.25) is 11.8 Å². The highest BCUT2D eigenvalue weighted by atomic mass is 16.2. The molecule has 1 aromatic rings. The van der Waals surface area contributed by atoms with E-state index >= 15 is 0 Å². The van der Waals surface area contributed by atoms with Crippen LogP contribution in [0.15, 0.2) is 24.3 Å². The largest absolute Gasteiger partial charge is 0.350 e.